The van der Waals surface area contributed by atoms with Crippen LogP contribution >= 0.6 is 0 Å². The molecule has 0 atom stereocenters. The predicted molar refractivity (Wildman–Crippen MR) is 68.0 cm³/mol. The molecule has 1 N–H and O–H groups in total. The molecule has 0 unspecified atom stereocenters. The Morgan fingerprint density at radius 2 is 1.59 bits per heavy atom. The fourth-order valence-electron chi connectivity index (χ4n) is 4.42. The second-order valence-electron chi connectivity index (χ2n) is 7.07. The SMILES string of the molecule is C#CC(C)(C)NOC12CC3CC(CC(C3)C1)C2. The summed E-state index contributed by atoms with van der Waals surface area (Å²) in [5.74, 6) is 5.48. The second-order valence-corrected chi connectivity index (χ2v) is 7.07. The third kappa shape index (κ3) is 2.11. The Kier molecular flexibility index (Phi) is 2.54. The highest BCUT2D eigenvalue weighted by atomic mass is 16.7. The van der Waals surface area contributed by atoms with Crippen LogP contribution in [0.5, 0.6) is 0 Å². The molecule has 0 spiro atoms. The molecule has 17 heavy (non-hydrogen) atoms. The summed E-state index contributed by atoms with van der Waals surface area (Å²) in [6, 6.07) is 0. The van der Waals surface area contributed by atoms with Gasteiger partial charge in [0.15, 0.2) is 0 Å². The molecule has 0 amide bonds. The van der Waals surface area contributed by atoms with Gasteiger partial charge in [0, 0.05) is 0 Å². The lowest BCUT2D eigenvalue weighted by atomic mass is 9.54. The molecule has 0 aromatic carbocycles. The topological polar surface area (TPSA) is 21.3 Å². The summed E-state index contributed by atoms with van der Waals surface area (Å²) < 4.78 is 0. The van der Waals surface area contributed by atoms with E-state index in [9.17, 15) is 0 Å². The van der Waals surface area contributed by atoms with Crippen molar-refractivity contribution in [3.63, 3.8) is 0 Å². The summed E-state index contributed by atoms with van der Waals surface area (Å²) in [5.41, 5.74) is 2.87. The predicted octanol–water partition coefficient (Wildman–Crippen LogP) is 2.89. The zero-order valence-corrected chi connectivity index (χ0v) is 11.0. The quantitative estimate of drug-likeness (QED) is 0.598. The molecule has 2 nitrogen and oxygen atoms in total. The number of nitrogens with one attached hydrogen (secondary N) is 1. The van der Waals surface area contributed by atoms with Gasteiger partial charge >= 0.3 is 0 Å². The van der Waals surface area contributed by atoms with E-state index >= 15 is 0 Å². The van der Waals surface area contributed by atoms with E-state index in [1.54, 1.807) is 0 Å². The Labute approximate surface area is 104 Å². The Hall–Kier alpha value is -0.520. The van der Waals surface area contributed by atoms with E-state index in [0.29, 0.717) is 0 Å². The molecule has 0 radical (unpaired) electrons. The fraction of sp³-hybridized carbons (Fsp3) is 0.867. The van der Waals surface area contributed by atoms with E-state index in [1.807, 2.05) is 13.8 Å². The van der Waals surface area contributed by atoms with E-state index < -0.39 is 0 Å². The van der Waals surface area contributed by atoms with Crippen LogP contribution in [0.25, 0.3) is 0 Å². The Morgan fingerprint density at radius 1 is 1.12 bits per heavy atom. The van der Waals surface area contributed by atoms with Gasteiger partial charge in [-0.2, -0.15) is 5.48 Å². The first kappa shape index (κ1) is 11.6. The van der Waals surface area contributed by atoms with E-state index in [-0.39, 0.29) is 11.1 Å². The van der Waals surface area contributed by atoms with Crippen molar-refractivity contribution in [1.82, 2.24) is 5.48 Å². The lowest BCUT2D eigenvalue weighted by Crippen LogP contribution is -2.56. The summed E-state index contributed by atoms with van der Waals surface area (Å²) in [5, 5.41) is 0. The average molecular weight is 233 g/mol. The van der Waals surface area contributed by atoms with Gasteiger partial charge in [0.25, 0.3) is 0 Å². The number of hydroxylamine groups is 1. The van der Waals surface area contributed by atoms with Gasteiger partial charge < -0.3 is 0 Å². The smallest absolute Gasteiger partial charge is 0.0976 e. The maximum atomic E-state index is 6.11. The van der Waals surface area contributed by atoms with Gasteiger partial charge in [0.1, 0.15) is 0 Å². The van der Waals surface area contributed by atoms with Gasteiger partial charge in [0.2, 0.25) is 0 Å². The molecule has 0 aromatic heterocycles. The number of hydrogen-bond donors (Lipinski definition) is 1. The minimum absolute atomic E-state index is 0.100. The average Bonchev–Trinajstić information content (AvgIpc) is 2.25. The molecule has 4 bridgehead atoms. The van der Waals surface area contributed by atoms with Crippen LogP contribution in [-0.4, -0.2) is 11.1 Å². The molecule has 4 aliphatic rings. The van der Waals surface area contributed by atoms with Crippen LogP contribution in [0.4, 0.5) is 0 Å². The van der Waals surface area contributed by atoms with Crippen molar-refractivity contribution in [3.05, 3.63) is 0 Å². The highest BCUT2D eigenvalue weighted by Gasteiger charge is 2.52. The van der Waals surface area contributed by atoms with Crippen molar-refractivity contribution < 1.29 is 4.84 Å². The fourth-order valence-corrected chi connectivity index (χ4v) is 4.42. The summed E-state index contributed by atoms with van der Waals surface area (Å²) >= 11 is 0. The molecule has 0 heterocycles. The first-order valence-corrected chi connectivity index (χ1v) is 6.93. The van der Waals surface area contributed by atoms with Crippen molar-refractivity contribution in [2.75, 3.05) is 0 Å². The molecular formula is C15H23NO. The van der Waals surface area contributed by atoms with Crippen LogP contribution in [0.2, 0.25) is 0 Å². The van der Waals surface area contributed by atoms with Crippen LogP contribution in [-0.2, 0) is 4.84 Å². The van der Waals surface area contributed by atoms with Crippen molar-refractivity contribution in [2.24, 2.45) is 17.8 Å². The van der Waals surface area contributed by atoms with Crippen LogP contribution < -0.4 is 5.48 Å². The van der Waals surface area contributed by atoms with E-state index in [2.05, 4.69) is 11.4 Å². The molecule has 2 heteroatoms. The zero-order chi connectivity index (χ0) is 12.1. The first-order valence-electron chi connectivity index (χ1n) is 6.93. The largest absolute Gasteiger partial charge is 0.294 e. The summed E-state index contributed by atoms with van der Waals surface area (Å²) in [6.45, 7) is 3.99. The highest BCUT2D eigenvalue weighted by molar-refractivity contribution is 5.07. The Morgan fingerprint density at radius 3 is 2.00 bits per heavy atom. The summed E-state index contributed by atoms with van der Waals surface area (Å²) in [4.78, 5) is 6.11. The standard InChI is InChI=1S/C15H23NO/c1-4-14(2,3)16-17-15-8-11-5-12(9-15)7-13(6-11)10-15/h1,11-13,16H,5-10H2,2-3H3. The summed E-state index contributed by atoms with van der Waals surface area (Å²) in [6.07, 6.45) is 13.6. The van der Waals surface area contributed by atoms with Crippen LogP contribution in [0.1, 0.15) is 52.4 Å². The molecule has 0 aromatic rings. The van der Waals surface area contributed by atoms with E-state index in [0.717, 1.165) is 17.8 Å². The van der Waals surface area contributed by atoms with Crippen LogP contribution in [0, 0.1) is 30.1 Å². The Balaban J connectivity index is 1.69. The van der Waals surface area contributed by atoms with Crippen LogP contribution in [0.15, 0.2) is 0 Å². The van der Waals surface area contributed by atoms with Gasteiger partial charge in [-0.3, -0.25) is 4.84 Å². The molecule has 0 saturated heterocycles. The second kappa shape index (κ2) is 3.73. The van der Waals surface area contributed by atoms with Gasteiger partial charge in [-0.25, -0.2) is 0 Å². The van der Waals surface area contributed by atoms with E-state index in [4.69, 9.17) is 11.3 Å². The molecular weight excluding hydrogens is 210 g/mol. The number of rotatable bonds is 3. The van der Waals surface area contributed by atoms with Gasteiger partial charge in [0.05, 0.1) is 11.1 Å². The molecule has 94 valence electrons. The maximum absolute atomic E-state index is 6.11. The normalized spacial score (nSPS) is 43.7. The van der Waals surface area contributed by atoms with Crippen LogP contribution in [0.3, 0.4) is 0 Å². The van der Waals surface area contributed by atoms with Crippen molar-refractivity contribution >= 4 is 0 Å². The van der Waals surface area contributed by atoms with Gasteiger partial charge in [-0.05, 0) is 70.1 Å². The number of hydrogen-bond acceptors (Lipinski definition) is 2. The minimum Gasteiger partial charge on any atom is -0.294 e. The Bertz CT molecular complexity index is 317. The third-order valence-electron chi connectivity index (χ3n) is 4.87. The minimum atomic E-state index is -0.358. The van der Waals surface area contributed by atoms with Gasteiger partial charge in [-0.15, -0.1) is 6.42 Å². The molecule has 4 rings (SSSR count). The van der Waals surface area contributed by atoms with E-state index in [1.165, 1.54) is 38.5 Å². The van der Waals surface area contributed by atoms with Crippen molar-refractivity contribution in [1.29, 1.82) is 0 Å². The zero-order valence-electron chi connectivity index (χ0n) is 11.0. The molecule has 4 aliphatic carbocycles. The van der Waals surface area contributed by atoms with Crippen molar-refractivity contribution in [3.8, 4) is 12.3 Å². The maximum Gasteiger partial charge on any atom is 0.0976 e. The highest BCUT2D eigenvalue weighted by Crippen LogP contribution is 2.56. The lowest BCUT2D eigenvalue weighted by Gasteiger charge is -2.56. The van der Waals surface area contributed by atoms with Crippen molar-refractivity contribution in [2.45, 2.75) is 63.5 Å². The monoisotopic (exact) mass is 233 g/mol. The van der Waals surface area contributed by atoms with Gasteiger partial charge in [-0.1, -0.05) is 5.92 Å². The first-order chi connectivity index (χ1) is 8.00. The third-order valence-corrected chi connectivity index (χ3v) is 4.87. The number of terminal acetylenes is 1. The summed E-state index contributed by atoms with van der Waals surface area (Å²) in [7, 11) is 0. The molecule has 0 aliphatic heterocycles. The molecule has 4 saturated carbocycles. The molecule has 4 fully saturated rings. The lowest BCUT2D eigenvalue weighted by molar-refractivity contribution is -0.206.